The fourth-order valence-corrected chi connectivity index (χ4v) is 4.91. The first-order chi connectivity index (χ1) is 11.9. The molecule has 0 atom stereocenters. The number of hydrogen-bond donors (Lipinski definition) is 1. The molecule has 1 aromatic carbocycles. The first-order valence-electron chi connectivity index (χ1n) is 7.08. The molecule has 0 unspecified atom stereocenters. The van der Waals surface area contributed by atoms with Gasteiger partial charge in [-0.2, -0.15) is 0 Å². The third kappa shape index (κ3) is 7.28. The average molecular weight is 422 g/mol. The van der Waals surface area contributed by atoms with Crippen LogP contribution in [0.3, 0.4) is 0 Å². The largest absolute Gasteiger partial charge is 0.384 e. The number of aromatic nitrogens is 2. The molecule has 0 spiro atoms. The van der Waals surface area contributed by atoms with Crippen molar-refractivity contribution in [2.75, 3.05) is 30.5 Å². The van der Waals surface area contributed by atoms with Crippen molar-refractivity contribution in [1.29, 1.82) is 0 Å². The fourth-order valence-electron chi connectivity index (χ4n) is 1.77. The molecule has 11 heteroatoms. The summed E-state index contributed by atoms with van der Waals surface area (Å²) in [7, 11) is -1.99. The molecular weight excluding hydrogens is 406 g/mol. The molecule has 1 heterocycles. The number of nitrogens with zero attached hydrogens (tertiary/aromatic N) is 2. The summed E-state index contributed by atoms with van der Waals surface area (Å²) in [6, 6.07) is 6.45. The van der Waals surface area contributed by atoms with Crippen LogP contribution in [-0.2, 0) is 25.1 Å². The van der Waals surface area contributed by atoms with Gasteiger partial charge >= 0.3 is 0 Å². The lowest BCUT2D eigenvalue weighted by atomic mass is 10.2. The minimum Gasteiger partial charge on any atom is -0.384 e. The lowest BCUT2D eigenvalue weighted by Crippen LogP contribution is -2.23. The molecule has 0 saturated heterocycles. The monoisotopic (exact) mass is 421 g/mol. The van der Waals surface area contributed by atoms with Crippen LogP contribution in [0.1, 0.15) is 5.56 Å². The summed E-state index contributed by atoms with van der Waals surface area (Å²) < 4.78 is 29.9. The standard InChI is InChI=1S/C14H16ClN3O4S3/c1-22-6-7-23-14-18-17-13(24-14)16-12(19)9-25(20,21)8-10-2-4-11(15)5-3-10/h2-5H,6-9H2,1H3,(H,16,17,19). The SMILES string of the molecule is COCCSc1nnc(NC(=O)CS(=O)(=O)Cc2ccc(Cl)cc2)s1. The van der Waals surface area contributed by atoms with Crippen LogP contribution in [0.25, 0.3) is 0 Å². The van der Waals surface area contributed by atoms with Gasteiger partial charge in [0.1, 0.15) is 5.75 Å². The Morgan fingerprint density at radius 1 is 1.32 bits per heavy atom. The lowest BCUT2D eigenvalue weighted by molar-refractivity contribution is -0.113. The highest BCUT2D eigenvalue weighted by Crippen LogP contribution is 2.25. The van der Waals surface area contributed by atoms with Crippen LogP contribution in [0.15, 0.2) is 28.6 Å². The van der Waals surface area contributed by atoms with E-state index in [1.807, 2.05) is 0 Å². The van der Waals surface area contributed by atoms with Crippen molar-refractivity contribution in [2.24, 2.45) is 0 Å². The summed E-state index contributed by atoms with van der Waals surface area (Å²) in [5.74, 6) is -0.777. The first kappa shape index (κ1) is 20.1. The third-order valence-corrected chi connectivity index (χ3v) is 6.48. The maximum absolute atomic E-state index is 12.1. The molecule has 0 bridgehead atoms. The van der Waals surface area contributed by atoms with Crippen LogP contribution in [0.2, 0.25) is 5.02 Å². The Balaban J connectivity index is 1.87. The van der Waals surface area contributed by atoms with Crippen molar-refractivity contribution in [1.82, 2.24) is 10.2 Å². The first-order valence-corrected chi connectivity index (χ1v) is 11.1. The minimum atomic E-state index is -3.60. The Morgan fingerprint density at radius 2 is 2.04 bits per heavy atom. The van der Waals surface area contributed by atoms with Gasteiger partial charge in [0, 0.05) is 17.9 Å². The van der Waals surface area contributed by atoms with Gasteiger partial charge in [-0.25, -0.2) is 8.42 Å². The molecule has 0 aliphatic carbocycles. The number of methoxy groups -OCH3 is 1. The number of thioether (sulfide) groups is 1. The van der Waals surface area contributed by atoms with E-state index in [0.717, 1.165) is 0 Å². The van der Waals surface area contributed by atoms with Crippen molar-refractivity contribution in [2.45, 2.75) is 10.1 Å². The van der Waals surface area contributed by atoms with E-state index < -0.39 is 21.5 Å². The molecule has 7 nitrogen and oxygen atoms in total. The second-order valence-corrected chi connectivity index (χ2v) is 9.74. The summed E-state index contributed by atoms with van der Waals surface area (Å²) in [4.78, 5) is 11.9. The molecule has 0 aliphatic rings. The maximum Gasteiger partial charge on any atom is 0.241 e. The van der Waals surface area contributed by atoms with Crippen LogP contribution in [0, 0.1) is 0 Å². The lowest BCUT2D eigenvalue weighted by Gasteiger charge is -2.04. The highest BCUT2D eigenvalue weighted by atomic mass is 35.5. The van der Waals surface area contributed by atoms with Gasteiger partial charge in [-0.1, -0.05) is 46.8 Å². The predicted octanol–water partition coefficient (Wildman–Crippen LogP) is 2.48. The maximum atomic E-state index is 12.1. The van der Waals surface area contributed by atoms with E-state index in [2.05, 4.69) is 15.5 Å². The molecule has 1 amide bonds. The fraction of sp³-hybridized carbons (Fsp3) is 0.357. The highest BCUT2D eigenvalue weighted by molar-refractivity contribution is 8.01. The topological polar surface area (TPSA) is 98.2 Å². The van der Waals surface area contributed by atoms with Crippen molar-refractivity contribution < 1.29 is 17.9 Å². The number of sulfone groups is 1. The van der Waals surface area contributed by atoms with Gasteiger partial charge in [-0.15, -0.1) is 10.2 Å². The summed E-state index contributed by atoms with van der Waals surface area (Å²) in [5.41, 5.74) is 0.574. The predicted molar refractivity (Wildman–Crippen MR) is 100 cm³/mol. The molecule has 136 valence electrons. The quantitative estimate of drug-likeness (QED) is 0.377. The van der Waals surface area contributed by atoms with Crippen LogP contribution in [0.4, 0.5) is 5.13 Å². The molecule has 0 aliphatic heterocycles. The number of amides is 1. The Labute approximate surface area is 159 Å². The number of halogens is 1. The minimum absolute atomic E-state index is 0.230. The van der Waals surface area contributed by atoms with Crippen LogP contribution < -0.4 is 5.32 Å². The number of carbonyl (C=O) groups excluding carboxylic acids is 1. The zero-order valence-corrected chi connectivity index (χ0v) is 16.5. The zero-order chi connectivity index (χ0) is 18.3. The van der Waals surface area contributed by atoms with Gasteiger partial charge in [0.25, 0.3) is 0 Å². The van der Waals surface area contributed by atoms with E-state index in [-0.39, 0.29) is 10.9 Å². The molecule has 25 heavy (non-hydrogen) atoms. The summed E-state index contributed by atoms with van der Waals surface area (Å²) in [6.45, 7) is 0.578. The molecule has 2 aromatic rings. The van der Waals surface area contributed by atoms with Gasteiger partial charge in [0.2, 0.25) is 11.0 Å². The second kappa shape index (κ2) is 9.48. The normalized spacial score (nSPS) is 11.4. The van der Waals surface area contributed by atoms with Crippen LogP contribution in [-0.4, -0.2) is 49.7 Å². The van der Waals surface area contributed by atoms with Gasteiger partial charge in [0.05, 0.1) is 12.4 Å². The van der Waals surface area contributed by atoms with Gasteiger partial charge in [-0.3, -0.25) is 10.1 Å². The molecule has 1 aromatic heterocycles. The molecule has 2 rings (SSSR count). The van der Waals surface area contributed by atoms with E-state index in [1.54, 1.807) is 31.4 Å². The number of benzene rings is 1. The van der Waals surface area contributed by atoms with Crippen molar-refractivity contribution in [3.63, 3.8) is 0 Å². The van der Waals surface area contributed by atoms with Gasteiger partial charge in [-0.05, 0) is 17.7 Å². The molecule has 0 fully saturated rings. The number of ether oxygens (including phenoxy) is 1. The summed E-state index contributed by atoms with van der Waals surface area (Å²) in [6.07, 6.45) is 0. The van der Waals surface area contributed by atoms with E-state index in [4.69, 9.17) is 16.3 Å². The van der Waals surface area contributed by atoms with Crippen molar-refractivity contribution >= 4 is 55.6 Å². The van der Waals surface area contributed by atoms with Gasteiger partial charge < -0.3 is 4.74 Å². The summed E-state index contributed by atoms with van der Waals surface area (Å²) >= 11 is 8.40. The van der Waals surface area contributed by atoms with E-state index in [1.165, 1.54) is 23.1 Å². The van der Waals surface area contributed by atoms with E-state index >= 15 is 0 Å². The molecule has 0 saturated carbocycles. The molecule has 0 radical (unpaired) electrons. The highest BCUT2D eigenvalue weighted by Gasteiger charge is 2.19. The van der Waals surface area contributed by atoms with Gasteiger partial charge in [0.15, 0.2) is 14.2 Å². The number of anilines is 1. The van der Waals surface area contributed by atoms with E-state index in [9.17, 15) is 13.2 Å². The zero-order valence-electron chi connectivity index (χ0n) is 13.3. The van der Waals surface area contributed by atoms with Crippen molar-refractivity contribution in [3.05, 3.63) is 34.9 Å². The number of rotatable bonds is 9. The second-order valence-electron chi connectivity index (χ2n) is 4.92. The molecule has 1 N–H and O–H groups in total. The molecular formula is C14H16ClN3O4S3. The Hall–Kier alpha value is -1.20. The summed E-state index contributed by atoms with van der Waals surface area (Å²) in [5, 5.41) is 11.0. The number of nitrogens with one attached hydrogen (secondary N) is 1. The number of carbonyl (C=O) groups is 1. The Bertz CT molecular complexity index is 809. The van der Waals surface area contributed by atoms with E-state index in [0.29, 0.717) is 27.3 Å². The smallest absolute Gasteiger partial charge is 0.241 e. The van der Waals surface area contributed by atoms with Crippen LogP contribution in [0.5, 0.6) is 0 Å². The van der Waals surface area contributed by atoms with Crippen LogP contribution >= 0.6 is 34.7 Å². The van der Waals surface area contributed by atoms with Crippen molar-refractivity contribution in [3.8, 4) is 0 Å². The average Bonchev–Trinajstić information content (AvgIpc) is 2.96. The third-order valence-electron chi connectivity index (χ3n) is 2.82. The Morgan fingerprint density at radius 3 is 2.72 bits per heavy atom. The Kier molecular flexibility index (Phi) is 7.63. The number of hydrogen-bond acceptors (Lipinski definition) is 8.